The van der Waals surface area contributed by atoms with Gasteiger partial charge in [-0.3, -0.25) is 0 Å². The number of rotatable bonds is 3. The van der Waals surface area contributed by atoms with Gasteiger partial charge in [0.25, 0.3) is 0 Å². The van der Waals surface area contributed by atoms with E-state index >= 15 is 0 Å². The Morgan fingerprint density at radius 1 is 1.56 bits per heavy atom. The average molecular weight is 262 g/mol. The standard InChI is InChI=1S/C13H18N4S/c1-18-11-4-2-3-10(7-11)17-13-12(15)9(8-14)5-6-16-13/h5-6,10-11H,2-4,7,15H2,1H3,(H,16,17). The van der Waals surface area contributed by atoms with Gasteiger partial charge in [0.1, 0.15) is 6.07 Å². The molecule has 18 heavy (non-hydrogen) atoms. The molecule has 96 valence electrons. The molecule has 0 aliphatic heterocycles. The Bertz CT molecular complexity index is 455. The molecule has 0 amide bonds. The van der Waals surface area contributed by atoms with Gasteiger partial charge in [-0.25, -0.2) is 4.98 Å². The van der Waals surface area contributed by atoms with Crippen LogP contribution in [0.25, 0.3) is 0 Å². The van der Waals surface area contributed by atoms with Crippen LogP contribution in [-0.2, 0) is 0 Å². The Morgan fingerprint density at radius 2 is 2.39 bits per heavy atom. The van der Waals surface area contributed by atoms with Crippen LogP contribution < -0.4 is 11.1 Å². The van der Waals surface area contributed by atoms with Crippen molar-refractivity contribution in [3.05, 3.63) is 17.8 Å². The lowest BCUT2D eigenvalue weighted by atomic mass is 9.95. The van der Waals surface area contributed by atoms with E-state index in [4.69, 9.17) is 11.0 Å². The highest BCUT2D eigenvalue weighted by atomic mass is 32.2. The topological polar surface area (TPSA) is 74.7 Å². The normalized spacial score (nSPS) is 23.3. The molecule has 1 aliphatic carbocycles. The Balaban J connectivity index is 2.07. The maximum atomic E-state index is 8.94. The quantitative estimate of drug-likeness (QED) is 0.876. The lowest BCUT2D eigenvalue weighted by molar-refractivity contribution is 0.473. The summed E-state index contributed by atoms with van der Waals surface area (Å²) in [6.07, 6.45) is 8.61. The third-order valence-corrected chi connectivity index (χ3v) is 4.51. The van der Waals surface area contributed by atoms with Crippen molar-refractivity contribution < 1.29 is 0 Å². The third kappa shape index (κ3) is 2.88. The molecule has 0 spiro atoms. The number of nitrogens with one attached hydrogen (secondary N) is 1. The third-order valence-electron chi connectivity index (χ3n) is 3.41. The molecule has 0 saturated heterocycles. The first-order valence-corrected chi connectivity index (χ1v) is 7.47. The summed E-state index contributed by atoms with van der Waals surface area (Å²) in [6, 6.07) is 4.15. The van der Waals surface area contributed by atoms with E-state index in [2.05, 4.69) is 22.6 Å². The van der Waals surface area contributed by atoms with Gasteiger partial charge in [-0.1, -0.05) is 6.42 Å². The van der Waals surface area contributed by atoms with E-state index < -0.39 is 0 Å². The van der Waals surface area contributed by atoms with E-state index in [0.717, 1.165) is 18.1 Å². The number of thioether (sulfide) groups is 1. The molecule has 1 saturated carbocycles. The van der Waals surface area contributed by atoms with Gasteiger partial charge in [-0.05, 0) is 31.6 Å². The fraction of sp³-hybridized carbons (Fsp3) is 0.538. The zero-order valence-electron chi connectivity index (χ0n) is 10.5. The van der Waals surface area contributed by atoms with Crippen LogP contribution in [0.4, 0.5) is 11.5 Å². The van der Waals surface area contributed by atoms with Crippen molar-refractivity contribution in [3.63, 3.8) is 0 Å². The molecular formula is C13H18N4S. The zero-order chi connectivity index (χ0) is 13.0. The van der Waals surface area contributed by atoms with Gasteiger partial charge in [0.15, 0.2) is 5.82 Å². The van der Waals surface area contributed by atoms with Crippen molar-refractivity contribution in [2.75, 3.05) is 17.3 Å². The summed E-state index contributed by atoms with van der Waals surface area (Å²) in [5.41, 5.74) is 6.88. The van der Waals surface area contributed by atoms with Crippen LogP contribution in [0.5, 0.6) is 0 Å². The first kappa shape index (κ1) is 13.0. The molecular weight excluding hydrogens is 244 g/mol. The minimum atomic E-state index is 0.417. The van der Waals surface area contributed by atoms with Crippen molar-refractivity contribution in [1.82, 2.24) is 4.98 Å². The molecule has 3 N–H and O–H groups in total. The lowest BCUT2D eigenvalue weighted by Gasteiger charge is -2.29. The number of nitrogen functional groups attached to an aromatic ring is 1. The Labute approximate surface area is 112 Å². The first-order valence-electron chi connectivity index (χ1n) is 6.18. The molecule has 0 bridgehead atoms. The maximum Gasteiger partial charge on any atom is 0.150 e. The number of hydrogen-bond acceptors (Lipinski definition) is 5. The predicted octanol–water partition coefficient (Wildman–Crippen LogP) is 2.62. The van der Waals surface area contributed by atoms with Gasteiger partial charge in [-0.15, -0.1) is 0 Å². The number of hydrogen-bond donors (Lipinski definition) is 2. The Hall–Kier alpha value is -1.41. The Morgan fingerprint density at radius 3 is 3.11 bits per heavy atom. The molecule has 5 heteroatoms. The summed E-state index contributed by atoms with van der Waals surface area (Å²) in [5.74, 6) is 0.654. The summed E-state index contributed by atoms with van der Waals surface area (Å²) in [7, 11) is 0. The number of anilines is 2. The summed E-state index contributed by atoms with van der Waals surface area (Å²) in [6.45, 7) is 0. The second-order valence-corrected chi connectivity index (χ2v) is 5.74. The van der Waals surface area contributed by atoms with Crippen molar-refractivity contribution in [1.29, 1.82) is 5.26 Å². The minimum Gasteiger partial charge on any atom is -0.395 e. The number of pyridine rings is 1. The van der Waals surface area contributed by atoms with Gasteiger partial charge in [0, 0.05) is 17.5 Å². The molecule has 4 nitrogen and oxygen atoms in total. The summed E-state index contributed by atoms with van der Waals surface area (Å²) in [4.78, 5) is 4.24. The fourth-order valence-electron chi connectivity index (χ4n) is 2.37. The first-order chi connectivity index (χ1) is 8.74. The molecule has 1 aliphatic rings. The van der Waals surface area contributed by atoms with Gasteiger partial charge < -0.3 is 11.1 Å². The van der Waals surface area contributed by atoms with Gasteiger partial charge in [0.05, 0.1) is 11.3 Å². The van der Waals surface area contributed by atoms with Gasteiger partial charge >= 0.3 is 0 Å². The number of nitriles is 1. The van der Waals surface area contributed by atoms with Crippen molar-refractivity contribution in [2.45, 2.75) is 37.0 Å². The van der Waals surface area contributed by atoms with Crippen LogP contribution in [0.3, 0.4) is 0 Å². The van der Waals surface area contributed by atoms with Crippen LogP contribution in [0.2, 0.25) is 0 Å². The van der Waals surface area contributed by atoms with E-state index in [0.29, 0.717) is 23.1 Å². The highest BCUT2D eigenvalue weighted by Gasteiger charge is 2.22. The van der Waals surface area contributed by atoms with Crippen molar-refractivity contribution in [3.8, 4) is 6.07 Å². The maximum absolute atomic E-state index is 8.94. The fourth-order valence-corrected chi connectivity index (χ4v) is 3.20. The number of aromatic nitrogens is 1. The summed E-state index contributed by atoms with van der Waals surface area (Å²) < 4.78 is 0. The monoisotopic (exact) mass is 262 g/mol. The molecule has 1 aromatic heterocycles. The second kappa shape index (κ2) is 5.96. The minimum absolute atomic E-state index is 0.417. The second-order valence-electron chi connectivity index (χ2n) is 4.60. The lowest BCUT2D eigenvalue weighted by Crippen LogP contribution is -2.29. The highest BCUT2D eigenvalue weighted by molar-refractivity contribution is 7.99. The largest absolute Gasteiger partial charge is 0.395 e. The highest BCUT2D eigenvalue weighted by Crippen LogP contribution is 2.30. The SMILES string of the molecule is CSC1CCCC(Nc2nccc(C#N)c2N)C1. The molecule has 2 unspecified atom stereocenters. The average Bonchev–Trinajstić information content (AvgIpc) is 2.41. The van der Waals surface area contributed by atoms with E-state index in [1.54, 1.807) is 12.3 Å². The van der Waals surface area contributed by atoms with E-state index in [9.17, 15) is 0 Å². The summed E-state index contributed by atoms with van der Waals surface area (Å²) in [5, 5.41) is 13.0. The number of nitrogens with two attached hydrogens (primary N) is 1. The molecule has 0 radical (unpaired) electrons. The molecule has 1 aromatic rings. The van der Waals surface area contributed by atoms with Crippen LogP contribution in [-0.4, -0.2) is 22.5 Å². The zero-order valence-corrected chi connectivity index (χ0v) is 11.3. The van der Waals surface area contributed by atoms with Crippen molar-refractivity contribution in [2.24, 2.45) is 0 Å². The van der Waals surface area contributed by atoms with E-state index in [-0.39, 0.29) is 0 Å². The van der Waals surface area contributed by atoms with Crippen LogP contribution in [0, 0.1) is 11.3 Å². The Kier molecular flexibility index (Phi) is 4.32. The van der Waals surface area contributed by atoms with E-state index in [1.165, 1.54) is 12.8 Å². The molecule has 2 atom stereocenters. The van der Waals surface area contributed by atoms with Crippen LogP contribution >= 0.6 is 11.8 Å². The van der Waals surface area contributed by atoms with Crippen molar-refractivity contribution >= 4 is 23.3 Å². The van der Waals surface area contributed by atoms with E-state index in [1.807, 2.05) is 11.8 Å². The van der Waals surface area contributed by atoms with Crippen LogP contribution in [0.15, 0.2) is 12.3 Å². The predicted molar refractivity (Wildman–Crippen MR) is 76.5 cm³/mol. The molecule has 0 aromatic carbocycles. The number of nitrogens with zero attached hydrogens (tertiary/aromatic N) is 2. The molecule has 1 heterocycles. The molecule has 2 rings (SSSR count). The smallest absolute Gasteiger partial charge is 0.150 e. The van der Waals surface area contributed by atoms with Crippen LogP contribution in [0.1, 0.15) is 31.2 Å². The summed E-state index contributed by atoms with van der Waals surface area (Å²) >= 11 is 1.93. The van der Waals surface area contributed by atoms with Gasteiger partial charge in [0.2, 0.25) is 0 Å². The van der Waals surface area contributed by atoms with Gasteiger partial charge in [-0.2, -0.15) is 17.0 Å². The molecule has 1 fully saturated rings.